The summed E-state index contributed by atoms with van der Waals surface area (Å²) in [5, 5.41) is 11.5. The fourth-order valence-electron chi connectivity index (χ4n) is 1.86. The van der Waals surface area contributed by atoms with Crippen LogP contribution in [0.1, 0.15) is 18.2 Å². The molecule has 1 aromatic heterocycles. The van der Waals surface area contributed by atoms with Crippen LogP contribution < -0.4 is 10.7 Å². The minimum Gasteiger partial charge on any atom is -0.503 e. The van der Waals surface area contributed by atoms with Crippen molar-refractivity contribution in [1.82, 2.24) is 10.3 Å². The van der Waals surface area contributed by atoms with Crippen molar-refractivity contribution in [3.8, 4) is 5.75 Å². The zero-order valence-electron chi connectivity index (χ0n) is 13.5. The first-order chi connectivity index (χ1) is 12.0. The molecule has 25 heavy (non-hydrogen) atoms. The lowest BCUT2D eigenvalue weighted by Gasteiger charge is -2.13. The number of carbonyl (C=O) groups excluding carboxylic acids is 2. The van der Waals surface area contributed by atoms with Crippen LogP contribution in [0, 0.1) is 0 Å². The predicted octanol–water partition coefficient (Wildman–Crippen LogP) is 1.44. The number of aromatic hydroxyl groups is 1. The number of alkyl carbamates (subject to hydrolysis) is 1. The van der Waals surface area contributed by atoms with Crippen LogP contribution in [-0.4, -0.2) is 28.2 Å². The van der Waals surface area contributed by atoms with Crippen LogP contribution in [0.3, 0.4) is 0 Å². The van der Waals surface area contributed by atoms with Gasteiger partial charge in [-0.05, 0) is 12.5 Å². The first-order valence-corrected chi connectivity index (χ1v) is 7.50. The van der Waals surface area contributed by atoms with Crippen LogP contribution in [0.4, 0.5) is 4.79 Å². The first kappa shape index (κ1) is 18.1. The van der Waals surface area contributed by atoms with Crippen molar-refractivity contribution in [3.63, 3.8) is 0 Å². The van der Waals surface area contributed by atoms with E-state index in [0.29, 0.717) is 5.69 Å². The molecule has 0 saturated carbocycles. The molecule has 0 bridgehead atoms. The minimum absolute atomic E-state index is 0.0865. The molecule has 3 N–H and O–H groups in total. The van der Waals surface area contributed by atoms with Crippen molar-refractivity contribution in [3.05, 3.63) is 64.1 Å². The molecule has 2 rings (SSSR count). The van der Waals surface area contributed by atoms with E-state index in [9.17, 15) is 14.4 Å². The van der Waals surface area contributed by atoms with Crippen LogP contribution in [0.25, 0.3) is 0 Å². The molecular formula is C17H18N2O6. The summed E-state index contributed by atoms with van der Waals surface area (Å²) >= 11 is 0. The number of hydrogen-bond donors (Lipinski definition) is 3. The van der Waals surface area contributed by atoms with Crippen molar-refractivity contribution in [2.75, 3.05) is 0 Å². The minimum atomic E-state index is -0.924. The van der Waals surface area contributed by atoms with Crippen molar-refractivity contribution in [1.29, 1.82) is 0 Å². The Morgan fingerprint density at radius 1 is 1.20 bits per heavy atom. The van der Waals surface area contributed by atoms with Crippen molar-refractivity contribution < 1.29 is 24.2 Å². The summed E-state index contributed by atoms with van der Waals surface area (Å²) in [5.41, 5.74) is 0.555. The van der Waals surface area contributed by atoms with Crippen LogP contribution in [0.5, 0.6) is 5.75 Å². The summed E-state index contributed by atoms with van der Waals surface area (Å²) < 4.78 is 9.99. The molecule has 0 unspecified atom stereocenters. The molecule has 0 fully saturated rings. The number of nitrogens with one attached hydrogen (secondary N) is 2. The third-order valence-electron chi connectivity index (χ3n) is 3.22. The molecule has 132 valence electrons. The van der Waals surface area contributed by atoms with E-state index >= 15 is 0 Å². The number of aromatic amines is 1. The third-order valence-corrected chi connectivity index (χ3v) is 3.22. The number of rotatable bonds is 6. The molecule has 0 spiro atoms. The Morgan fingerprint density at radius 2 is 1.92 bits per heavy atom. The molecule has 0 radical (unpaired) electrons. The van der Waals surface area contributed by atoms with E-state index in [-0.39, 0.29) is 13.2 Å². The molecule has 1 amide bonds. The highest BCUT2D eigenvalue weighted by molar-refractivity contribution is 5.80. The van der Waals surface area contributed by atoms with Gasteiger partial charge in [-0.25, -0.2) is 9.59 Å². The highest BCUT2D eigenvalue weighted by Crippen LogP contribution is 2.03. The fourth-order valence-corrected chi connectivity index (χ4v) is 1.86. The highest BCUT2D eigenvalue weighted by atomic mass is 16.6. The van der Waals surface area contributed by atoms with Gasteiger partial charge in [-0.3, -0.25) is 4.79 Å². The molecular weight excluding hydrogens is 328 g/mol. The average molecular weight is 346 g/mol. The average Bonchev–Trinajstić information content (AvgIpc) is 2.61. The second-order valence-corrected chi connectivity index (χ2v) is 5.24. The molecule has 0 aliphatic carbocycles. The van der Waals surface area contributed by atoms with Gasteiger partial charge < -0.3 is 24.9 Å². The second kappa shape index (κ2) is 8.53. The number of esters is 1. The Hall–Kier alpha value is -3.29. The Balaban J connectivity index is 1.76. The number of pyridine rings is 1. The lowest BCUT2D eigenvalue weighted by molar-refractivity contribution is -0.147. The lowest BCUT2D eigenvalue weighted by atomic mass is 10.2. The number of H-pyrrole nitrogens is 1. The molecule has 0 aliphatic heterocycles. The van der Waals surface area contributed by atoms with Gasteiger partial charge in [0.05, 0.1) is 5.69 Å². The summed E-state index contributed by atoms with van der Waals surface area (Å²) in [6.45, 7) is 1.34. The summed E-state index contributed by atoms with van der Waals surface area (Å²) in [7, 11) is 0. The smallest absolute Gasteiger partial charge is 0.408 e. The van der Waals surface area contributed by atoms with Gasteiger partial charge in [0.25, 0.3) is 0 Å². The van der Waals surface area contributed by atoms with Crippen molar-refractivity contribution >= 4 is 12.1 Å². The van der Waals surface area contributed by atoms with Gasteiger partial charge in [0, 0.05) is 12.3 Å². The van der Waals surface area contributed by atoms with Crippen LogP contribution in [0.15, 0.2) is 47.4 Å². The van der Waals surface area contributed by atoms with Crippen molar-refractivity contribution in [2.45, 2.75) is 26.2 Å². The summed E-state index contributed by atoms with van der Waals surface area (Å²) in [6.07, 6.45) is 0.361. The van der Waals surface area contributed by atoms with E-state index < -0.39 is 29.3 Å². The van der Waals surface area contributed by atoms with E-state index in [4.69, 9.17) is 14.6 Å². The van der Waals surface area contributed by atoms with Crippen molar-refractivity contribution in [2.24, 2.45) is 0 Å². The van der Waals surface area contributed by atoms with E-state index in [1.165, 1.54) is 6.92 Å². The quantitative estimate of drug-likeness (QED) is 0.681. The van der Waals surface area contributed by atoms with E-state index in [1.54, 1.807) is 0 Å². The van der Waals surface area contributed by atoms with Gasteiger partial charge >= 0.3 is 12.1 Å². The van der Waals surface area contributed by atoms with Crippen LogP contribution in [0.2, 0.25) is 0 Å². The number of ether oxygens (including phenoxy) is 2. The predicted molar refractivity (Wildman–Crippen MR) is 87.7 cm³/mol. The Kier molecular flexibility index (Phi) is 6.16. The SMILES string of the molecule is C[C@H](NC(=O)OCc1ccccc1)C(=O)OCc1cc(=O)c(O)c[nH]1. The van der Waals surface area contributed by atoms with E-state index in [2.05, 4.69) is 10.3 Å². The van der Waals surface area contributed by atoms with Gasteiger partial charge in [0.15, 0.2) is 5.75 Å². The Bertz CT molecular complexity index is 787. The number of aromatic nitrogens is 1. The third kappa shape index (κ3) is 5.69. The molecule has 8 nitrogen and oxygen atoms in total. The normalized spacial score (nSPS) is 11.4. The van der Waals surface area contributed by atoms with Gasteiger partial charge in [0.1, 0.15) is 19.3 Å². The zero-order chi connectivity index (χ0) is 18.2. The Morgan fingerprint density at radius 3 is 2.60 bits per heavy atom. The fraction of sp³-hybridized carbons (Fsp3) is 0.235. The zero-order valence-corrected chi connectivity index (χ0v) is 13.5. The molecule has 1 atom stereocenters. The molecule has 0 aliphatic rings. The summed E-state index contributed by atoms with van der Waals surface area (Å²) in [5.74, 6) is -1.11. The number of hydrogen-bond acceptors (Lipinski definition) is 6. The topological polar surface area (TPSA) is 118 Å². The standard InChI is InChI=1S/C17H18N2O6/c1-11(19-17(23)25-9-12-5-3-2-4-6-12)16(22)24-10-13-7-14(20)15(21)8-18-13/h2-8,11,21H,9-10H2,1H3,(H,18,20)(H,19,23)/t11-/m0/s1. The molecule has 1 aromatic carbocycles. The highest BCUT2D eigenvalue weighted by Gasteiger charge is 2.18. The molecule has 8 heteroatoms. The molecule has 0 saturated heterocycles. The van der Waals surface area contributed by atoms with E-state index in [1.807, 2.05) is 30.3 Å². The van der Waals surface area contributed by atoms with Crippen LogP contribution >= 0.6 is 0 Å². The Labute approximate surface area is 143 Å². The first-order valence-electron chi connectivity index (χ1n) is 7.50. The number of benzene rings is 1. The van der Waals surface area contributed by atoms with Gasteiger partial charge in [-0.2, -0.15) is 0 Å². The maximum absolute atomic E-state index is 11.8. The maximum Gasteiger partial charge on any atom is 0.408 e. The molecule has 1 heterocycles. The van der Waals surface area contributed by atoms with Gasteiger partial charge in [0.2, 0.25) is 5.43 Å². The largest absolute Gasteiger partial charge is 0.503 e. The number of amides is 1. The van der Waals surface area contributed by atoms with E-state index in [0.717, 1.165) is 17.8 Å². The molecule has 2 aromatic rings. The van der Waals surface area contributed by atoms with Crippen LogP contribution in [-0.2, 0) is 27.5 Å². The summed E-state index contributed by atoms with van der Waals surface area (Å²) in [4.78, 5) is 37.4. The number of carbonyl (C=O) groups is 2. The lowest BCUT2D eigenvalue weighted by Crippen LogP contribution is -2.39. The second-order valence-electron chi connectivity index (χ2n) is 5.24. The maximum atomic E-state index is 11.8. The summed E-state index contributed by atoms with van der Waals surface area (Å²) in [6, 6.07) is 9.31. The monoisotopic (exact) mass is 346 g/mol. The van der Waals surface area contributed by atoms with Gasteiger partial charge in [-0.15, -0.1) is 0 Å². The van der Waals surface area contributed by atoms with Gasteiger partial charge in [-0.1, -0.05) is 30.3 Å².